The van der Waals surface area contributed by atoms with Crippen molar-refractivity contribution in [3.8, 4) is 5.88 Å². The number of sulfonamides is 1. The van der Waals surface area contributed by atoms with Crippen molar-refractivity contribution in [3.05, 3.63) is 53.7 Å². The zero-order valence-corrected chi connectivity index (χ0v) is 19.8. The van der Waals surface area contributed by atoms with Gasteiger partial charge in [-0.15, -0.1) is 0 Å². The summed E-state index contributed by atoms with van der Waals surface area (Å²) in [5.74, 6) is -1.39. The van der Waals surface area contributed by atoms with Gasteiger partial charge in [0.2, 0.25) is 5.88 Å². The number of carbonyl (C=O) groups is 3. The summed E-state index contributed by atoms with van der Waals surface area (Å²) in [6, 6.07) is 8.05. The first-order valence-corrected chi connectivity index (χ1v) is 12.4. The monoisotopic (exact) mass is 489 g/mol. The molecule has 11 heteroatoms. The van der Waals surface area contributed by atoms with Crippen molar-refractivity contribution in [3.63, 3.8) is 0 Å². The summed E-state index contributed by atoms with van der Waals surface area (Å²) in [7, 11) is -4.25. The Morgan fingerprint density at radius 1 is 1.00 bits per heavy atom. The summed E-state index contributed by atoms with van der Waals surface area (Å²) in [5.41, 5.74) is 0.122. The summed E-state index contributed by atoms with van der Waals surface area (Å²) in [6.45, 7) is 3.31. The van der Waals surface area contributed by atoms with E-state index in [1.807, 2.05) is 4.72 Å². The van der Waals surface area contributed by atoms with Crippen molar-refractivity contribution in [2.45, 2.75) is 63.0 Å². The number of nitrogens with one attached hydrogen (secondary N) is 2. The van der Waals surface area contributed by atoms with Crippen LogP contribution in [0.15, 0.2) is 47.5 Å². The molecule has 2 N–H and O–H groups in total. The first-order valence-electron chi connectivity index (χ1n) is 11.0. The van der Waals surface area contributed by atoms with Crippen LogP contribution in [0.2, 0.25) is 0 Å². The van der Waals surface area contributed by atoms with Crippen LogP contribution in [0, 0.1) is 0 Å². The first-order chi connectivity index (χ1) is 16.1. The maximum atomic E-state index is 12.7. The Bertz CT molecular complexity index is 1140. The minimum Gasteiger partial charge on any atom is -0.431 e. The highest BCUT2D eigenvalue weighted by Gasteiger charge is 2.22. The number of hydrogen-bond acceptors (Lipinski definition) is 8. The highest BCUT2D eigenvalue weighted by Crippen LogP contribution is 2.19. The van der Waals surface area contributed by atoms with Crippen molar-refractivity contribution in [1.29, 1.82) is 0 Å². The Kier molecular flexibility index (Phi) is 8.21. The number of hydrogen-bond donors (Lipinski definition) is 2. The molecule has 182 valence electrons. The molecule has 0 atom stereocenters. The molecule has 1 aliphatic carbocycles. The van der Waals surface area contributed by atoms with Crippen LogP contribution in [0.3, 0.4) is 0 Å². The lowest BCUT2D eigenvalue weighted by molar-refractivity contribution is 0.0715. The van der Waals surface area contributed by atoms with Gasteiger partial charge < -0.3 is 14.8 Å². The molecule has 0 unspecified atom stereocenters. The molecule has 1 saturated carbocycles. The lowest BCUT2D eigenvalue weighted by atomic mass is 9.95. The van der Waals surface area contributed by atoms with Crippen LogP contribution in [0.4, 0.5) is 4.79 Å². The summed E-state index contributed by atoms with van der Waals surface area (Å²) in [5, 5.41) is 2.94. The van der Waals surface area contributed by atoms with Crippen LogP contribution in [-0.2, 0) is 14.8 Å². The maximum Gasteiger partial charge on any atom is 0.515 e. The number of carbonyl (C=O) groups excluding carboxylic acids is 3. The van der Waals surface area contributed by atoms with E-state index in [2.05, 4.69) is 10.3 Å². The van der Waals surface area contributed by atoms with Gasteiger partial charge in [-0.1, -0.05) is 25.3 Å². The van der Waals surface area contributed by atoms with Crippen LogP contribution in [0.5, 0.6) is 5.88 Å². The van der Waals surface area contributed by atoms with Gasteiger partial charge in [0.15, 0.2) is 0 Å². The summed E-state index contributed by atoms with van der Waals surface area (Å²) >= 11 is 0. The molecule has 2 amide bonds. The highest BCUT2D eigenvalue weighted by molar-refractivity contribution is 7.90. The van der Waals surface area contributed by atoms with Crippen LogP contribution in [0.25, 0.3) is 0 Å². The molecule has 0 saturated heterocycles. The molecule has 0 aliphatic heterocycles. The van der Waals surface area contributed by atoms with Crippen LogP contribution in [-0.4, -0.2) is 43.5 Å². The fourth-order valence-corrected chi connectivity index (χ4v) is 4.46. The van der Waals surface area contributed by atoms with E-state index < -0.39 is 22.1 Å². The maximum absolute atomic E-state index is 12.7. The number of amides is 2. The van der Waals surface area contributed by atoms with E-state index in [-0.39, 0.29) is 40.0 Å². The zero-order valence-electron chi connectivity index (χ0n) is 18.9. The molecule has 34 heavy (non-hydrogen) atoms. The Morgan fingerprint density at radius 2 is 1.74 bits per heavy atom. The van der Waals surface area contributed by atoms with Crippen LogP contribution < -0.4 is 14.8 Å². The van der Waals surface area contributed by atoms with Gasteiger partial charge in [0.25, 0.3) is 21.8 Å². The average molecular weight is 490 g/mol. The number of pyridine rings is 1. The third-order valence-electron chi connectivity index (χ3n) is 5.09. The normalized spacial score (nSPS) is 14.3. The fourth-order valence-electron chi connectivity index (χ4n) is 3.44. The van der Waals surface area contributed by atoms with Crippen LogP contribution in [0.1, 0.15) is 66.7 Å². The molecule has 2 aromatic rings. The summed E-state index contributed by atoms with van der Waals surface area (Å²) < 4.78 is 37.1. The summed E-state index contributed by atoms with van der Waals surface area (Å²) in [6.07, 6.45) is 4.79. The molecule has 1 fully saturated rings. The van der Waals surface area contributed by atoms with Gasteiger partial charge >= 0.3 is 6.16 Å². The van der Waals surface area contributed by atoms with Gasteiger partial charge in [-0.25, -0.2) is 22.9 Å². The summed E-state index contributed by atoms with van der Waals surface area (Å²) in [4.78, 5) is 40.1. The number of aromatic nitrogens is 1. The molecule has 10 nitrogen and oxygen atoms in total. The Labute approximate surface area is 198 Å². The van der Waals surface area contributed by atoms with E-state index in [9.17, 15) is 22.8 Å². The van der Waals surface area contributed by atoms with E-state index in [1.165, 1.54) is 36.4 Å². The van der Waals surface area contributed by atoms with Crippen molar-refractivity contribution in [2.24, 2.45) is 0 Å². The third kappa shape index (κ3) is 7.01. The largest absolute Gasteiger partial charge is 0.515 e. The second-order valence-electron chi connectivity index (χ2n) is 8.17. The van der Waals surface area contributed by atoms with E-state index >= 15 is 0 Å². The third-order valence-corrected chi connectivity index (χ3v) is 6.42. The van der Waals surface area contributed by atoms with Gasteiger partial charge in [-0.05, 0) is 51.0 Å². The number of rotatable bonds is 7. The Balaban J connectivity index is 1.65. The van der Waals surface area contributed by atoms with Crippen LogP contribution >= 0.6 is 0 Å². The highest BCUT2D eigenvalue weighted by atomic mass is 32.2. The van der Waals surface area contributed by atoms with E-state index in [1.54, 1.807) is 13.8 Å². The number of ether oxygens (including phenoxy) is 2. The number of nitrogens with zero attached hydrogens (tertiary/aromatic N) is 1. The fraction of sp³-hybridized carbons (Fsp3) is 0.391. The molecule has 1 aromatic heterocycles. The lowest BCUT2D eigenvalue weighted by Gasteiger charge is -2.22. The van der Waals surface area contributed by atoms with E-state index in [0.29, 0.717) is 0 Å². The molecular weight excluding hydrogens is 462 g/mol. The number of benzene rings is 1. The van der Waals surface area contributed by atoms with Crippen molar-refractivity contribution < 1.29 is 32.3 Å². The topological polar surface area (TPSA) is 141 Å². The van der Waals surface area contributed by atoms with Gasteiger partial charge in [0.05, 0.1) is 16.6 Å². The van der Waals surface area contributed by atoms with Crippen molar-refractivity contribution in [2.75, 3.05) is 0 Å². The second kappa shape index (κ2) is 11.1. The van der Waals surface area contributed by atoms with E-state index in [4.69, 9.17) is 9.47 Å². The molecule has 0 spiro atoms. The molecule has 1 heterocycles. The zero-order chi connectivity index (χ0) is 24.7. The first kappa shape index (κ1) is 25.2. The molecule has 1 aromatic carbocycles. The minimum atomic E-state index is -4.25. The predicted octanol–water partition coefficient (Wildman–Crippen LogP) is 3.19. The quantitative estimate of drug-likeness (QED) is 0.565. The van der Waals surface area contributed by atoms with Crippen molar-refractivity contribution >= 4 is 28.0 Å². The standard InChI is InChI=1S/C23H27N3O7S/c1-15(2)32-23(29)33-20-12-11-17(14-24-20)22(28)26-34(30,31)19-10-6-7-16(13-19)21(27)25-18-8-4-3-5-9-18/h6-7,10-15,18H,3-5,8-9H2,1-2H3,(H,25,27)(H,26,28). The second-order valence-corrected chi connectivity index (χ2v) is 9.86. The SMILES string of the molecule is CC(C)OC(=O)Oc1ccc(C(=O)NS(=O)(=O)c2cccc(C(=O)NC3CCCCC3)c2)cn1. The Morgan fingerprint density at radius 3 is 2.38 bits per heavy atom. The Hall–Kier alpha value is -3.47. The van der Waals surface area contributed by atoms with Gasteiger partial charge in [0.1, 0.15) is 0 Å². The average Bonchev–Trinajstić information content (AvgIpc) is 2.79. The predicted molar refractivity (Wildman–Crippen MR) is 122 cm³/mol. The van der Waals surface area contributed by atoms with Gasteiger partial charge in [-0.2, -0.15) is 0 Å². The van der Waals surface area contributed by atoms with Gasteiger partial charge in [0, 0.05) is 23.9 Å². The molecule has 1 aliphatic rings. The molecular formula is C23H27N3O7S. The molecule has 0 bridgehead atoms. The molecule has 3 rings (SSSR count). The van der Waals surface area contributed by atoms with Crippen molar-refractivity contribution in [1.82, 2.24) is 15.0 Å². The lowest BCUT2D eigenvalue weighted by Crippen LogP contribution is -2.36. The molecule has 0 radical (unpaired) electrons. The van der Waals surface area contributed by atoms with Gasteiger partial charge in [-0.3, -0.25) is 9.59 Å². The smallest absolute Gasteiger partial charge is 0.431 e. The van der Waals surface area contributed by atoms with E-state index in [0.717, 1.165) is 38.3 Å². The minimum absolute atomic E-state index is 0.0700.